The fourth-order valence-corrected chi connectivity index (χ4v) is 1.76. The normalized spacial score (nSPS) is 20.3. The van der Waals surface area contributed by atoms with E-state index in [1.807, 2.05) is 31.5 Å². The highest BCUT2D eigenvalue weighted by molar-refractivity contribution is 5.77. The molecule has 5 heteroatoms. The minimum Gasteiger partial charge on any atom is -0.459 e. The van der Waals surface area contributed by atoms with Gasteiger partial charge in [-0.2, -0.15) is 5.10 Å². The monoisotopic (exact) mass is 223 g/mol. The molecule has 2 heterocycles. The van der Waals surface area contributed by atoms with Crippen LogP contribution in [0.2, 0.25) is 0 Å². The summed E-state index contributed by atoms with van der Waals surface area (Å²) in [5, 5.41) is 7.30. The molecule has 0 radical (unpaired) electrons. The summed E-state index contributed by atoms with van der Waals surface area (Å²) in [5.74, 6) is -0.242. The predicted octanol–water partition coefficient (Wildman–Crippen LogP) is 0.869. The number of rotatable bonds is 1. The van der Waals surface area contributed by atoms with E-state index >= 15 is 0 Å². The Balaban J connectivity index is 2.15. The van der Waals surface area contributed by atoms with E-state index in [-0.39, 0.29) is 5.97 Å². The minimum absolute atomic E-state index is 0.242. The molecule has 0 bridgehead atoms. The average molecular weight is 223 g/mol. The van der Waals surface area contributed by atoms with E-state index < -0.39 is 11.6 Å². The summed E-state index contributed by atoms with van der Waals surface area (Å²) in [6.45, 7) is 7.13. The number of carbonyl (C=O) groups is 1. The van der Waals surface area contributed by atoms with Crippen LogP contribution in [0.5, 0.6) is 0 Å². The van der Waals surface area contributed by atoms with E-state index in [0.29, 0.717) is 0 Å². The van der Waals surface area contributed by atoms with Gasteiger partial charge < -0.3 is 4.74 Å². The molecule has 0 saturated carbocycles. The number of carbonyl (C=O) groups excluding carboxylic acids is 1. The molecule has 5 nitrogen and oxygen atoms in total. The second kappa shape index (κ2) is 3.90. The zero-order valence-corrected chi connectivity index (χ0v) is 9.86. The number of esters is 1. The number of hydrogen-bond donors (Lipinski definition) is 1. The average Bonchev–Trinajstić information content (AvgIpc) is 2.61. The van der Waals surface area contributed by atoms with Crippen LogP contribution in [-0.4, -0.2) is 27.9 Å². The van der Waals surface area contributed by atoms with Crippen molar-refractivity contribution in [2.45, 2.75) is 39.0 Å². The van der Waals surface area contributed by atoms with Crippen molar-refractivity contribution in [2.75, 3.05) is 6.54 Å². The largest absolute Gasteiger partial charge is 0.459 e. The quantitative estimate of drug-likeness (QED) is 0.718. The molecule has 1 N–H and O–H groups in total. The van der Waals surface area contributed by atoms with Gasteiger partial charge in [0, 0.05) is 12.7 Å². The van der Waals surface area contributed by atoms with E-state index in [9.17, 15) is 4.79 Å². The maximum Gasteiger partial charge on any atom is 0.329 e. The second-order valence-corrected chi connectivity index (χ2v) is 4.90. The summed E-state index contributed by atoms with van der Waals surface area (Å²) in [6, 6.07) is 1.45. The van der Waals surface area contributed by atoms with Crippen LogP contribution in [0.15, 0.2) is 12.3 Å². The Morgan fingerprint density at radius 1 is 1.62 bits per heavy atom. The molecule has 0 aromatic carbocycles. The fraction of sp³-hybridized carbons (Fsp3) is 0.636. The third-order valence-corrected chi connectivity index (χ3v) is 2.36. The van der Waals surface area contributed by atoms with Crippen molar-refractivity contribution in [1.29, 1.82) is 0 Å². The third-order valence-electron chi connectivity index (χ3n) is 2.36. The first-order valence-corrected chi connectivity index (χ1v) is 5.45. The number of aromatic nitrogens is 2. The third kappa shape index (κ3) is 2.24. The molecule has 1 aromatic heterocycles. The van der Waals surface area contributed by atoms with Gasteiger partial charge in [-0.15, -0.1) is 0 Å². The molecule has 1 unspecified atom stereocenters. The van der Waals surface area contributed by atoms with Gasteiger partial charge in [-0.1, -0.05) is 0 Å². The molecule has 1 aliphatic rings. The number of hydrogen-bond acceptors (Lipinski definition) is 4. The standard InChI is InChI=1S/C11H17N3O2/c1-11(2,3)16-10(15)9-8-4-5-13-14(8)7-6-12-9/h4-5,9,12H,6-7H2,1-3H3. The molecule has 16 heavy (non-hydrogen) atoms. The van der Waals surface area contributed by atoms with Crippen LogP contribution in [0.4, 0.5) is 0 Å². The van der Waals surface area contributed by atoms with Gasteiger partial charge in [0.15, 0.2) is 0 Å². The Morgan fingerprint density at radius 3 is 3.06 bits per heavy atom. The zero-order valence-electron chi connectivity index (χ0n) is 9.86. The van der Waals surface area contributed by atoms with Gasteiger partial charge in [-0.05, 0) is 26.8 Å². The Bertz CT molecular complexity index is 392. The maximum absolute atomic E-state index is 11.9. The van der Waals surface area contributed by atoms with E-state index in [4.69, 9.17) is 4.74 Å². The Hall–Kier alpha value is -1.36. The first kappa shape index (κ1) is 11.1. The Morgan fingerprint density at radius 2 is 2.38 bits per heavy atom. The minimum atomic E-state index is -0.457. The Kier molecular flexibility index (Phi) is 2.71. The highest BCUT2D eigenvalue weighted by Crippen LogP contribution is 2.20. The highest BCUT2D eigenvalue weighted by atomic mass is 16.6. The molecule has 0 amide bonds. The van der Waals surface area contributed by atoms with E-state index in [2.05, 4.69) is 10.4 Å². The number of nitrogens with zero attached hydrogens (tertiary/aromatic N) is 2. The molecule has 0 spiro atoms. The van der Waals surface area contributed by atoms with Crippen molar-refractivity contribution < 1.29 is 9.53 Å². The van der Waals surface area contributed by atoms with Crippen LogP contribution in [0.3, 0.4) is 0 Å². The van der Waals surface area contributed by atoms with Crippen LogP contribution in [0.1, 0.15) is 32.5 Å². The summed E-state index contributed by atoms with van der Waals surface area (Å²) >= 11 is 0. The molecule has 88 valence electrons. The lowest BCUT2D eigenvalue weighted by molar-refractivity contribution is -0.158. The molecular weight excluding hydrogens is 206 g/mol. The summed E-state index contributed by atoms with van der Waals surface area (Å²) in [4.78, 5) is 11.9. The van der Waals surface area contributed by atoms with Crippen molar-refractivity contribution in [1.82, 2.24) is 15.1 Å². The van der Waals surface area contributed by atoms with E-state index in [1.165, 1.54) is 0 Å². The summed E-state index contributed by atoms with van der Waals surface area (Å²) < 4.78 is 7.20. The maximum atomic E-state index is 11.9. The smallest absolute Gasteiger partial charge is 0.329 e. The summed E-state index contributed by atoms with van der Waals surface area (Å²) in [5.41, 5.74) is 0.418. The van der Waals surface area contributed by atoms with Crippen LogP contribution < -0.4 is 5.32 Å². The molecule has 1 aliphatic heterocycles. The highest BCUT2D eigenvalue weighted by Gasteiger charge is 2.30. The predicted molar refractivity (Wildman–Crippen MR) is 58.8 cm³/mol. The van der Waals surface area contributed by atoms with Crippen LogP contribution in [0, 0.1) is 0 Å². The lowest BCUT2D eigenvalue weighted by atomic mass is 10.1. The summed E-state index contributed by atoms with van der Waals surface area (Å²) in [6.07, 6.45) is 1.71. The van der Waals surface area contributed by atoms with Crippen molar-refractivity contribution >= 4 is 5.97 Å². The molecule has 1 aromatic rings. The number of nitrogens with one attached hydrogen (secondary N) is 1. The molecular formula is C11H17N3O2. The van der Waals surface area contributed by atoms with Gasteiger partial charge in [0.2, 0.25) is 0 Å². The molecule has 0 saturated heterocycles. The summed E-state index contributed by atoms with van der Waals surface area (Å²) in [7, 11) is 0. The topological polar surface area (TPSA) is 56.1 Å². The number of ether oxygens (including phenoxy) is 1. The Labute approximate surface area is 94.8 Å². The second-order valence-electron chi connectivity index (χ2n) is 4.90. The zero-order chi connectivity index (χ0) is 11.8. The van der Waals surface area contributed by atoms with Gasteiger partial charge in [0.1, 0.15) is 11.6 Å². The molecule has 2 rings (SSSR count). The van der Waals surface area contributed by atoms with Crippen LogP contribution in [-0.2, 0) is 16.1 Å². The first-order valence-electron chi connectivity index (χ1n) is 5.45. The van der Waals surface area contributed by atoms with Crippen LogP contribution in [0.25, 0.3) is 0 Å². The van der Waals surface area contributed by atoms with Gasteiger partial charge >= 0.3 is 5.97 Å². The number of fused-ring (bicyclic) bond motifs is 1. The van der Waals surface area contributed by atoms with E-state index in [0.717, 1.165) is 18.8 Å². The van der Waals surface area contributed by atoms with Crippen molar-refractivity contribution in [2.24, 2.45) is 0 Å². The lowest BCUT2D eigenvalue weighted by Gasteiger charge is -2.27. The van der Waals surface area contributed by atoms with Gasteiger partial charge in [0.05, 0.1) is 12.2 Å². The lowest BCUT2D eigenvalue weighted by Crippen LogP contribution is -2.41. The molecule has 0 aliphatic carbocycles. The van der Waals surface area contributed by atoms with Gasteiger partial charge in [-0.25, -0.2) is 4.79 Å². The van der Waals surface area contributed by atoms with Gasteiger partial charge in [0.25, 0.3) is 0 Å². The van der Waals surface area contributed by atoms with Gasteiger partial charge in [-0.3, -0.25) is 10.00 Å². The first-order chi connectivity index (χ1) is 7.47. The SMILES string of the molecule is CC(C)(C)OC(=O)C1NCCn2nccc21. The fourth-order valence-electron chi connectivity index (χ4n) is 1.76. The van der Waals surface area contributed by atoms with Crippen molar-refractivity contribution in [3.8, 4) is 0 Å². The van der Waals surface area contributed by atoms with Crippen LogP contribution >= 0.6 is 0 Å². The van der Waals surface area contributed by atoms with Crippen molar-refractivity contribution in [3.05, 3.63) is 18.0 Å². The van der Waals surface area contributed by atoms with Crippen molar-refractivity contribution in [3.63, 3.8) is 0 Å². The molecule has 1 atom stereocenters. The molecule has 0 fully saturated rings. The van der Waals surface area contributed by atoms with E-state index in [1.54, 1.807) is 6.20 Å².